The molecule has 0 saturated carbocycles. The maximum absolute atomic E-state index is 13.5. The normalized spacial score (nSPS) is 10.4. The molecule has 1 aromatic carbocycles. The van der Waals surface area contributed by atoms with Gasteiger partial charge in [-0.1, -0.05) is 29.3 Å². The summed E-state index contributed by atoms with van der Waals surface area (Å²) < 4.78 is 19.3. The minimum absolute atomic E-state index is 0.103. The zero-order valence-corrected chi connectivity index (χ0v) is 12.7. The fourth-order valence-electron chi connectivity index (χ4n) is 1.62. The second-order valence-corrected chi connectivity index (χ2v) is 6.21. The van der Waals surface area contributed by atoms with E-state index in [-0.39, 0.29) is 15.6 Å². The maximum Gasteiger partial charge on any atom is 0.255 e. The molecule has 1 amide bonds. The number of nitrogens with two attached hydrogens (primary N) is 1. The molecule has 2 N–H and O–H groups in total. The van der Waals surface area contributed by atoms with Crippen molar-refractivity contribution in [3.8, 4) is 5.75 Å². The van der Waals surface area contributed by atoms with Crippen molar-refractivity contribution in [1.29, 1.82) is 0 Å². The van der Waals surface area contributed by atoms with E-state index in [1.807, 2.05) is 0 Å². The molecule has 0 radical (unpaired) electrons. The van der Waals surface area contributed by atoms with E-state index >= 15 is 0 Å². The number of Topliss-reactive ketones (excluding diaryl/α,β-unsaturated/α-hetero) is 1. The molecule has 0 aliphatic carbocycles. The Hall–Kier alpha value is -1.63. The van der Waals surface area contributed by atoms with Crippen molar-refractivity contribution in [2.75, 3.05) is 6.61 Å². The summed E-state index contributed by atoms with van der Waals surface area (Å²) in [7, 11) is 0. The van der Waals surface area contributed by atoms with Gasteiger partial charge in [0.25, 0.3) is 5.91 Å². The van der Waals surface area contributed by atoms with E-state index in [0.29, 0.717) is 4.34 Å². The topological polar surface area (TPSA) is 69.4 Å². The van der Waals surface area contributed by atoms with Gasteiger partial charge in [0.15, 0.2) is 6.61 Å². The van der Waals surface area contributed by atoms with Crippen molar-refractivity contribution in [3.05, 3.63) is 49.9 Å². The molecule has 0 aliphatic heterocycles. The van der Waals surface area contributed by atoms with E-state index in [1.165, 1.54) is 18.2 Å². The molecule has 4 nitrogen and oxygen atoms in total. The number of rotatable bonds is 5. The first-order valence-corrected chi connectivity index (χ1v) is 7.16. The van der Waals surface area contributed by atoms with Crippen molar-refractivity contribution < 1.29 is 18.7 Å². The number of hydrogen-bond acceptors (Lipinski definition) is 4. The van der Waals surface area contributed by atoms with Crippen molar-refractivity contribution in [1.82, 2.24) is 0 Å². The van der Waals surface area contributed by atoms with Gasteiger partial charge in [0.2, 0.25) is 5.78 Å². The highest BCUT2D eigenvalue weighted by Gasteiger charge is 2.18. The third-order valence-electron chi connectivity index (χ3n) is 2.54. The second-order valence-electron chi connectivity index (χ2n) is 3.93. The summed E-state index contributed by atoms with van der Waals surface area (Å²) in [4.78, 5) is 23.1. The first kappa shape index (κ1) is 15.8. The lowest BCUT2D eigenvalue weighted by Crippen LogP contribution is -2.18. The molecule has 1 aromatic heterocycles. The smallest absolute Gasteiger partial charge is 0.255 e. The molecule has 0 saturated heterocycles. The van der Waals surface area contributed by atoms with Gasteiger partial charge in [0.1, 0.15) is 21.5 Å². The number of halogens is 3. The van der Waals surface area contributed by atoms with Gasteiger partial charge in [-0.2, -0.15) is 0 Å². The number of primary amides is 1. The highest BCUT2D eigenvalue weighted by atomic mass is 35.5. The minimum Gasteiger partial charge on any atom is -0.484 e. The summed E-state index contributed by atoms with van der Waals surface area (Å²) in [6, 6.07) is 5.18. The average molecular weight is 348 g/mol. The van der Waals surface area contributed by atoms with Crippen LogP contribution in [-0.4, -0.2) is 18.3 Å². The van der Waals surface area contributed by atoms with Crippen LogP contribution in [0.25, 0.3) is 0 Å². The monoisotopic (exact) mass is 347 g/mol. The lowest BCUT2D eigenvalue weighted by Gasteiger charge is -2.09. The van der Waals surface area contributed by atoms with Crippen LogP contribution in [0.1, 0.15) is 20.7 Å². The Kier molecular flexibility index (Phi) is 4.82. The van der Waals surface area contributed by atoms with E-state index in [2.05, 4.69) is 0 Å². The molecular formula is C13H8Cl2FNO3S. The summed E-state index contributed by atoms with van der Waals surface area (Å²) in [5, 5.41) is 0. The van der Waals surface area contributed by atoms with Crippen LogP contribution in [0.5, 0.6) is 5.75 Å². The molecule has 1 heterocycles. The van der Waals surface area contributed by atoms with Crippen LogP contribution >= 0.6 is 34.5 Å². The minimum atomic E-state index is -0.979. The molecule has 0 bridgehead atoms. The van der Waals surface area contributed by atoms with Gasteiger partial charge in [-0.25, -0.2) is 4.39 Å². The van der Waals surface area contributed by atoms with Crippen molar-refractivity contribution in [2.24, 2.45) is 5.73 Å². The van der Waals surface area contributed by atoms with E-state index in [9.17, 15) is 14.0 Å². The predicted molar refractivity (Wildman–Crippen MR) is 79.1 cm³/mol. The van der Waals surface area contributed by atoms with Gasteiger partial charge >= 0.3 is 0 Å². The summed E-state index contributed by atoms with van der Waals surface area (Å²) in [6.45, 7) is -0.420. The molecule has 0 unspecified atom stereocenters. The number of carbonyl (C=O) groups is 2. The molecule has 0 atom stereocenters. The highest BCUT2D eigenvalue weighted by Crippen LogP contribution is 2.31. The summed E-state index contributed by atoms with van der Waals surface area (Å²) >= 11 is 12.6. The number of benzene rings is 1. The number of hydrogen-bond donors (Lipinski definition) is 1. The lowest BCUT2D eigenvalue weighted by molar-refractivity contribution is 0.0911. The molecule has 2 rings (SSSR count). The number of thiophene rings is 1. The van der Waals surface area contributed by atoms with Crippen molar-refractivity contribution in [3.63, 3.8) is 0 Å². The van der Waals surface area contributed by atoms with Crippen molar-refractivity contribution in [2.45, 2.75) is 0 Å². The lowest BCUT2D eigenvalue weighted by atomic mass is 10.1. The predicted octanol–water partition coefficient (Wildman–Crippen LogP) is 3.55. The van der Waals surface area contributed by atoms with Crippen molar-refractivity contribution >= 4 is 46.2 Å². The zero-order chi connectivity index (χ0) is 15.6. The second kappa shape index (κ2) is 6.43. The number of carbonyl (C=O) groups excluding carboxylic acids is 2. The van der Waals surface area contributed by atoms with Crippen LogP contribution < -0.4 is 10.5 Å². The van der Waals surface area contributed by atoms with Gasteiger partial charge in [-0.05, 0) is 18.2 Å². The SMILES string of the molecule is NC(=O)c1c(F)cccc1OCC(=O)c1cc(Cl)sc1Cl. The molecule has 0 aliphatic rings. The van der Waals surface area contributed by atoms with Crippen LogP contribution in [-0.2, 0) is 0 Å². The van der Waals surface area contributed by atoms with Crippen LogP contribution in [0, 0.1) is 5.82 Å². The Labute approximate surface area is 133 Å². The van der Waals surface area contributed by atoms with E-state index in [4.69, 9.17) is 33.7 Å². The molecule has 110 valence electrons. The Bertz CT molecular complexity index is 717. The van der Waals surface area contributed by atoms with Crippen LogP contribution in [0.15, 0.2) is 24.3 Å². The number of amides is 1. The Balaban J connectivity index is 2.17. The molecule has 21 heavy (non-hydrogen) atoms. The third kappa shape index (κ3) is 3.53. The Morgan fingerprint density at radius 1 is 1.33 bits per heavy atom. The van der Waals surface area contributed by atoms with Crippen LogP contribution in [0.2, 0.25) is 8.67 Å². The third-order valence-corrected chi connectivity index (χ3v) is 4.03. The molecule has 2 aromatic rings. The molecule has 0 spiro atoms. The number of ether oxygens (including phenoxy) is 1. The number of ketones is 1. The first-order chi connectivity index (χ1) is 9.90. The molecular weight excluding hydrogens is 340 g/mol. The fraction of sp³-hybridized carbons (Fsp3) is 0.0769. The molecule has 0 fully saturated rings. The average Bonchev–Trinajstić information content (AvgIpc) is 2.74. The fourth-order valence-corrected chi connectivity index (χ4v) is 3.11. The van der Waals surface area contributed by atoms with Gasteiger partial charge < -0.3 is 10.5 Å². The van der Waals surface area contributed by atoms with Gasteiger partial charge in [0.05, 0.1) is 9.90 Å². The van der Waals surface area contributed by atoms with Gasteiger partial charge in [-0.3, -0.25) is 9.59 Å². The summed E-state index contributed by atoms with van der Waals surface area (Å²) in [5.41, 5.74) is 4.89. The first-order valence-electron chi connectivity index (χ1n) is 5.59. The quantitative estimate of drug-likeness (QED) is 0.840. The zero-order valence-electron chi connectivity index (χ0n) is 10.4. The van der Waals surface area contributed by atoms with Gasteiger partial charge in [0, 0.05) is 0 Å². The summed E-state index contributed by atoms with van der Waals surface area (Å²) in [5.74, 6) is -2.34. The Morgan fingerprint density at radius 2 is 2.05 bits per heavy atom. The van der Waals surface area contributed by atoms with E-state index in [0.717, 1.165) is 17.4 Å². The largest absolute Gasteiger partial charge is 0.484 e. The van der Waals surface area contributed by atoms with Crippen LogP contribution in [0.3, 0.4) is 0 Å². The Morgan fingerprint density at radius 3 is 2.62 bits per heavy atom. The maximum atomic E-state index is 13.5. The van der Waals surface area contributed by atoms with Crippen LogP contribution in [0.4, 0.5) is 4.39 Å². The molecule has 8 heteroatoms. The highest BCUT2D eigenvalue weighted by molar-refractivity contribution is 7.20. The van der Waals surface area contributed by atoms with Gasteiger partial charge in [-0.15, -0.1) is 11.3 Å². The van der Waals surface area contributed by atoms with E-state index in [1.54, 1.807) is 0 Å². The standard InChI is InChI=1S/C13H8Cl2FNO3S/c14-10-4-6(12(15)21-10)8(18)5-20-9-3-1-2-7(16)11(9)13(17)19/h1-4H,5H2,(H2,17,19). The summed E-state index contributed by atoms with van der Waals surface area (Å²) in [6.07, 6.45) is 0. The van der Waals surface area contributed by atoms with E-state index < -0.39 is 29.7 Å².